The SMILES string of the molecule is CCCNC(CCN(CC)CC)Cc1cccc(Cl)c1. The van der Waals surface area contributed by atoms with E-state index < -0.39 is 0 Å². The summed E-state index contributed by atoms with van der Waals surface area (Å²) in [4.78, 5) is 2.48. The third-order valence-electron chi connectivity index (χ3n) is 3.74. The van der Waals surface area contributed by atoms with Crippen molar-refractivity contribution in [1.29, 1.82) is 0 Å². The normalized spacial score (nSPS) is 12.8. The first-order valence-corrected chi connectivity index (χ1v) is 8.27. The van der Waals surface area contributed by atoms with Gasteiger partial charge < -0.3 is 10.2 Å². The minimum Gasteiger partial charge on any atom is -0.314 e. The van der Waals surface area contributed by atoms with E-state index in [-0.39, 0.29) is 0 Å². The Kier molecular flexibility index (Phi) is 8.92. The Balaban J connectivity index is 2.54. The molecule has 1 unspecified atom stereocenters. The molecule has 0 aliphatic rings. The van der Waals surface area contributed by atoms with Crippen molar-refractivity contribution in [2.45, 2.75) is 46.1 Å². The molecular weight excluding hydrogens is 268 g/mol. The topological polar surface area (TPSA) is 15.3 Å². The minimum absolute atomic E-state index is 0.536. The van der Waals surface area contributed by atoms with Gasteiger partial charge in [0.25, 0.3) is 0 Å². The van der Waals surface area contributed by atoms with Crippen LogP contribution in [0.15, 0.2) is 24.3 Å². The van der Waals surface area contributed by atoms with E-state index in [1.54, 1.807) is 0 Å². The fourth-order valence-corrected chi connectivity index (χ4v) is 2.66. The highest BCUT2D eigenvalue weighted by atomic mass is 35.5. The van der Waals surface area contributed by atoms with Crippen molar-refractivity contribution in [3.8, 4) is 0 Å². The lowest BCUT2D eigenvalue weighted by Gasteiger charge is -2.24. The summed E-state index contributed by atoms with van der Waals surface area (Å²) in [7, 11) is 0. The Hall–Kier alpha value is -0.570. The Labute approximate surface area is 129 Å². The number of nitrogens with zero attached hydrogens (tertiary/aromatic N) is 1. The second-order valence-corrected chi connectivity index (χ2v) is 5.74. The van der Waals surface area contributed by atoms with Crippen molar-refractivity contribution >= 4 is 11.6 Å². The molecule has 0 radical (unpaired) electrons. The van der Waals surface area contributed by atoms with Crippen molar-refractivity contribution in [1.82, 2.24) is 10.2 Å². The molecule has 1 atom stereocenters. The zero-order chi connectivity index (χ0) is 14.8. The predicted octanol–water partition coefficient (Wildman–Crippen LogP) is 3.98. The first-order valence-electron chi connectivity index (χ1n) is 7.89. The molecule has 0 spiro atoms. The van der Waals surface area contributed by atoms with Crippen LogP contribution in [-0.2, 0) is 6.42 Å². The molecule has 0 bridgehead atoms. The molecule has 1 N–H and O–H groups in total. The summed E-state index contributed by atoms with van der Waals surface area (Å²) in [6.07, 6.45) is 3.42. The van der Waals surface area contributed by atoms with Gasteiger partial charge in [0.05, 0.1) is 0 Å². The largest absolute Gasteiger partial charge is 0.314 e. The molecule has 0 saturated heterocycles. The predicted molar refractivity (Wildman–Crippen MR) is 89.6 cm³/mol. The summed E-state index contributed by atoms with van der Waals surface area (Å²) >= 11 is 6.08. The molecule has 114 valence electrons. The van der Waals surface area contributed by atoms with Crippen LogP contribution in [0.2, 0.25) is 5.02 Å². The van der Waals surface area contributed by atoms with E-state index in [9.17, 15) is 0 Å². The summed E-state index contributed by atoms with van der Waals surface area (Å²) in [5.74, 6) is 0. The standard InChI is InChI=1S/C17H29ClN2/c1-4-11-19-17(10-12-20(5-2)6-3)14-15-8-7-9-16(18)13-15/h7-9,13,17,19H,4-6,10-12,14H2,1-3H3. The van der Waals surface area contributed by atoms with Crippen LogP contribution in [-0.4, -0.2) is 37.1 Å². The molecular formula is C17H29ClN2. The van der Waals surface area contributed by atoms with Crippen LogP contribution in [0, 0.1) is 0 Å². The first kappa shape index (κ1) is 17.5. The van der Waals surface area contributed by atoms with Gasteiger partial charge in [0.15, 0.2) is 0 Å². The summed E-state index contributed by atoms with van der Waals surface area (Å²) in [5, 5.41) is 4.50. The number of rotatable bonds is 10. The highest BCUT2D eigenvalue weighted by Crippen LogP contribution is 2.13. The van der Waals surface area contributed by atoms with Gasteiger partial charge in [-0.15, -0.1) is 0 Å². The Morgan fingerprint density at radius 2 is 1.95 bits per heavy atom. The zero-order valence-electron chi connectivity index (χ0n) is 13.2. The van der Waals surface area contributed by atoms with Crippen LogP contribution in [0.3, 0.4) is 0 Å². The van der Waals surface area contributed by atoms with Gasteiger partial charge in [-0.2, -0.15) is 0 Å². The number of hydrogen-bond acceptors (Lipinski definition) is 2. The zero-order valence-corrected chi connectivity index (χ0v) is 13.9. The number of halogens is 1. The van der Waals surface area contributed by atoms with Gasteiger partial charge in [-0.1, -0.05) is 44.5 Å². The van der Waals surface area contributed by atoms with E-state index >= 15 is 0 Å². The van der Waals surface area contributed by atoms with Gasteiger partial charge in [-0.05, 0) is 63.1 Å². The van der Waals surface area contributed by atoms with Crippen molar-refractivity contribution in [2.75, 3.05) is 26.2 Å². The second-order valence-electron chi connectivity index (χ2n) is 5.30. The lowest BCUT2D eigenvalue weighted by atomic mass is 10.0. The van der Waals surface area contributed by atoms with Gasteiger partial charge in [0, 0.05) is 11.1 Å². The Morgan fingerprint density at radius 1 is 1.20 bits per heavy atom. The van der Waals surface area contributed by atoms with Crippen LogP contribution < -0.4 is 5.32 Å². The van der Waals surface area contributed by atoms with Crippen molar-refractivity contribution < 1.29 is 0 Å². The third-order valence-corrected chi connectivity index (χ3v) is 3.98. The maximum Gasteiger partial charge on any atom is 0.0408 e. The van der Waals surface area contributed by atoms with Gasteiger partial charge >= 0.3 is 0 Å². The molecule has 3 heteroatoms. The van der Waals surface area contributed by atoms with Crippen LogP contribution >= 0.6 is 11.6 Å². The van der Waals surface area contributed by atoms with E-state index in [1.807, 2.05) is 12.1 Å². The van der Waals surface area contributed by atoms with Gasteiger partial charge in [-0.25, -0.2) is 0 Å². The molecule has 0 aliphatic carbocycles. The Morgan fingerprint density at radius 3 is 2.55 bits per heavy atom. The summed E-state index contributed by atoms with van der Waals surface area (Å²) in [5.41, 5.74) is 1.32. The number of benzene rings is 1. The third kappa shape index (κ3) is 6.74. The molecule has 2 nitrogen and oxygen atoms in total. The lowest BCUT2D eigenvalue weighted by Crippen LogP contribution is -2.36. The molecule has 20 heavy (non-hydrogen) atoms. The van der Waals surface area contributed by atoms with Gasteiger partial charge in [0.1, 0.15) is 0 Å². The van der Waals surface area contributed by atoms with Crippen molar-refractivity contribution in [3.05, 3.63) is 34.9 Å². The maximum absolute atomic E-state index is 6.08. The molecule has 1 rings (SSSR count). The summed E-state index contributed by atoms with van der Waals surface area (Å²) in [6, 6.07) is 8.77. The smallest absolute Gasteiger partial charge is 0.0408 e. The fraction of sp³-hybridized carbons (Fsp3) is 0.647. The average molecular weight is 297 g/mol. The van der Waals surface area contributed by atoms with Crippen LogP contribution in [0.1, 0.15) is 39.2 Å². The highest BCUT2D eigenvalue weighted by Gasteiger charge is 2.11. The van der Waals surface area contributed by atoms with E-state index in [4.69, 9.17) is 11.6 Å². The fourth-order valence-electron chi connectivity index (χ4n) is 2.45. The monoisotopic (exact) mass is 296 g/mol. The highest BCUT2D eigenvalue weighted by molar-refractivity contribution is 6.30. The second kappa shape index (κ2) is 10.2. The van der Waals surface area contributed by atoms with Crippen molar-refractivity contribution in [3.63, 3.8) is 0 Å². The van der Waals surface area contributed by atoms with E-state index in [0.717, 1.165) is 37.6 Å². The summed E-state index contributed by atoms with van der Waals surface area (Å²) in [6.45, 7) is 11.2. The molecule has 0 saturated carbocycles. The minimum atomic E-state index is 0.536. The van der Waals surface area contributed by atoms with E-state index in [0.29, 0.717) is 6.04 Å². The van der Waals surface area contributed by atoms with Gasteiger partial charge in [0.2, 0.25) is 0 Å². The molecule has 1 aromatic carbocycles. The molecule has 1 aromatic rings. The molecule has 0 heterocycles. The van der Waals surface area contributed by atoms with E-state index in [1.165, 1.54) is 18.4 Å². The van der Waals surface area contributed by atoms with Crippen molar-refractivity contribution in [2.24, 2.45) is 0 Å². The maximum atomic E-state index is 6.08. The molecule has 0 amide bonds. The number of hydrogen-bond donors (Lipinski definition) is 1. The average Bonchev–Trinajstić information content (AvgIpc) is 2.45. The van der Waals surface area contributed by atoms with Crippen LogP contribution in [0.25, 0.3) is 0 Å². The summed E-state index contributed by atoms with van der Waals surface area (Å²) < 4.78 is 0. The molecule has 0 aromatic heterocycles. The lowest BCUT2D eigenvalue weighted by molar-refractivity contribution is 0.280. The quantitative estimate of drug-likeness (QED) is 0.702. The molecule has 0 aliphatic heterocycles. The van der Waals surface area contributed by atoms with E-state index in [2.05, 4.69) is 43.1 Å². The molecule has 0 fully saturated rings. The van der Waals surface area contributed by atoms with Crippen LogP contribution in [0.5, 0.6) is 0 Å². The first-order chi connectivity index (χ1) is 9.69. The Bertz CT molecular complexity index is 364. The van der Waals surface area contributed by atoms with Gasteiger partial charge in [-0.3, -0.25) is 0 Å². The number of nitrogens with one attached hydrogen (secondary N) is 1. The van der Waals surface area contributed by atoms with Crippen LogP contribution in [0.4, 0.5) is 0 Å².